The Morgan fingerprint density at radius 1 is 1.14 bits per heavy atom. The zero-order valence-electron chi connectivity index (χ0n) is 15.7. The van der Waals surface area contributed by atoms with E-state index in [1.165, 1.54) is 6.08 Å². The first-order chi connectivity index (χ1) is 13.9. The fourth-order valence-corrected chi connectivity index (χ4v) is 5.12. The number of ketones is 1. The Balaban J connectivity index is 1.78. The van der Waals surface area contributed by atoms with Crippen molar-refractivity contribution in [1.29, 1.82) is 0 Å². The number of hydrogen-bond acceptors (Lipinski definition) is 4. The molecule has 0 unspecified atom stereocenters. The van der Waals surface area contributed by atoms with E-state index in [1.54, 1.807) is 37.2 Å². The molecule has 5 nitrogen and oxygen atoms in total. The van der Waals surface area contributed by atoms with Gasteiger partial charge in [-0.05, 0) is 73.8 Å². The third-order valence-corrected chi connectivity index (χ3v) is 5.67. The molecule has 0 aliphatic rings. The van der Waals surface area contributed by atoms with Gasteiger partial charge in [-0.3, -0.25) is 9.48 Å². The lowest BCUT2D eigenvalue weighted by molar-refractivity contribution is 0.104. The van der Waals surface area contributed by atoms with Crippen LogP contribution in [0.2, 0.25) is 0 Å². The highest BCUT2D eigenvalue weighted by atomic mass is 79.9. The highest BCUT2D eigenvalue weighted by Gasteiger charge is 2.11. The molecule has 0 saturated carbocycles. The second-order valence-electron chi connectivity index (χ2n) is 6.13. The van der Waals surface area contributed by atoms with E-state index in [0.717, 1.165) is 24.5 Å². The zero-order chi connectivity index (χ0) is 21.0. The molecule has 1 heterocycles. The van der Waals surface area contributed by atoms with Crippen LogP contribution in [0.4, 0.5) is 0 Å². The van der Waals surface area contributed by atoms with E-state index in [0.29, 0.717) is 23.8 Å². The first-order valence-electron chi connectivity index (χ1n) is 8.53. The summed E-state index contributed by atoms with van der Waals surface area (Å²) in [4.78, 5) is 12.2. The standard InChI is InChI=1S/C21H17Br3N2O3/c1-26-8-7-18(25-26)19(27)5-3-13-4-6-20(28-2)14(9-13)12-29-21-16(23)10-15(22)11-17(21)24/h3-11H,12H2,1-2H3/b5-3+. The summed E-state index contributed by atoms with van der Waals surface area (Å²) >= 11 is 10.5. The van der Waals surface area contributed by atoms with Gasteiger partial charge >= 0.3 is 0 Å². The second kappa shape index (κ2) is 9.73. The van der Waals surface area contributed by atoms with Crippen molar-refractivity contribution in [3.05, 3.63) is 78.9 Å². The Morgan fingerprint density at radius 2 is 1.86 bits per heavy atom. The molecule has 3 aromatic rings. The van der Waals surface area contributed by atoms with Gasteiger partial charge in [0.2, 0.25) is 5.78 Å². The number of methoxy groups -OCH3 is 1. The van der Waals surface area contributed by atoms with Crippen LogP contribution in [0, 0.1) is 0 Å². The maximum absolute atomic E-state index is 12.2. The third kappa shape index (κ3) is 5.58. The lowest BCUT2D eigenvalue weighted by atomic mass is 10.1. The van der Waals surface area contributed by atoms with E-state index in [9.17, 15) is 4.79 Å². The molecule has 0 amide bonds. The molecule has 0 radical (unpaired) electrons. The summed E-state index contributed by atoms with van der Waals surface area (Å²) in [7, 11) is 3.39. The smallest absolute Gasteiger partial charge is 0.206 e. The minimum absolute atomic E-state index is 0.151. The largest absolute Gasteiger partial charge is 0.496 e. The molecule has 3 rings (SSSR count). The molecule has 2 aromatic carbocycles. The van der Waals surface area contributed by atoms with Crippen LogP contribution >= 0.6 is 47.8 Å². The molecule has 8 heteroatoms. The van der Waals surface area contributed by atoms with Crippen molar-refractivity contribution in [2.75, 3.05) is 7.11 Å². The van der Waals surface area contributed by atoms with Crippen molar-refractivity contribution in [3.8, 4) is 11.5 Å². The highest BCUT2D eigenvalue weighted by molar-refractivity contribution is 9.11. The van der Waals surface area contributed by atoms with Crippen molar-refractivity contribution in [1.82, 2.24) is 9.78 Å². The van der Waals surface area contributed by atoms with Crippen LogP contribution in [0.1, 0.15) is 21.6 Å². The first-order valence-corrected chi connectivity index (χ1v) is 10.9. The van der Waals surface area contributed by atoms with Crippen LogP contribution in [0.3, 0.4) is 0 Å². The minimum Gasteiger partial charge on any atom is -0.496 e. The SMILES string of the molecule is COc1ccc(/C=C/C(=O)c2ccn(C)n2)cc1COc1c(Br)cc(Br)cc1Br. The predicted molar refractivity (Wildman–Crippen MR) is 123 cm³/mol. The van der Waals surface area contributed by atoms with Crippen LogP contribution in [0.15, 0.2) is 62.1 Å². The molecule has 0 atom stereocenters. The van der Waals surface area contributed by atoms with Crippen LogP contribution in [0.25, 0.3) is 6.08 Å². The molecule has 0 saturated heterocycles. The summed E-state index contributed by atoms with van der Waals surface area (Å²) in [5.74, 6) is 1.26. The molecule has 29 heavy (non-hydrogen) atoms. The summed E-state index contributed by atoms with van der Waals surface area (Å²) in [6.07, 6.45) is 5.00. The van der Waals surface area contributed by atoms with Gasteiger partial charge < -0.3 is 9.47 Å². The maximum Gasteiger partial charge on any atom is 0.206 e. The van der Waals surface area contributed by atoms with Gasteiger partial charge in [0.1, 0.15) is 23.8 Å². The molecule has 0 aliphatic heterocycles. The highest BCUT2D eigenvalue weighted by Crippen LogP contribution is 2.37. The number of carbonyl (C=O) groups is 1. The lowest BCUT2D eigenvalue weighted by Gasteiger charge is -2.14. The Morgan fingerprint density at radius 3 is 2.48 bits per heavy atom. The van der Waals surface area contributed by atoms with E-state index in [-0.39, 0.29) is 5.78 Å². The van der Waals surface area contributed by atoms with Gasteiger partial charge in [0.15, 0.2) is 0 Å². The van der Waals surface area contributed by atoms with E-state index in [2.05, 4.69) is 52.9 Å². The van der Waals surface area contributed by atoms with Gasteiger partial charge in [-0.2, -0.15) is 5.10 Å². The van der Waals surface area contributed by atoms with Gasteiger partial charge in [0, 0.05) is 23.3 Å². The zero-order valence-corrected chi connectivity index (χ0v) is 20.4. The fraction of sp³-hybridized carbons (Fsp3) is 0.143. The maximum atomic E-state index is 12.2. The normalized spacial score (nSPS) is 11.1. The number of rotatable bonds is 7. The summed E-state index contributed by atoms with van der Waals surface area (Å²) in [6, 6.07) is 11.2. The van der Waals surface area contributed by atoms with Gasteiger partial charge in [-0.25, -0.2) is 0 Å². The fourth-order valence-electron chi connectivity index (χ4n) is 2.64. The van der Waals surface area contributed by atoms with Crippen molar-refractivity contribution in [2.45, 2.75) is 6.61 Å². The van der Waals surface area contributed by atoms with Crippen LogP contribution in [-0.2, 0) is 13.7 Å². The van der Waals surface area contributed by atoms with Gasteiger partial charge in [0.05, 0.1) is 16.1 Å². The lowest BCUT2D eigenvalue weighted by Crippen LogP contribution is -2.01. The quantitative estimate of drug-likeness (QED) is 0.245. The van der Waals surface area contributed by atoms with Crippen LogP contribution in [0.5, 0.6) is 11.5 Å². The van der Waals surface area contributed by atoms with Gasteiger partial charge in [0.25, 0.3) is 0 Å². The second-order valence-corrected chi connectivity index (χ2v) is 8.76. The summed E-state index contributed by atoms with van der Waals surface area (Å²) in [5.41, 5.74) is 2.13. The molecule has 1 aromatic heterocycles. The summed E-state index contributed by atoms with van der Waals surface area (Å²) < 4.78 is 15.6. The molecule has 0 N–H and O–H groups in total. The minimum atomic E-state index is -0.151. The Kier molecular flexibility index (Phi) is 7.32. The molecule has 150 valence electrons. The number of halogens is 3. The molecule has 0 spiro atoms. The summed E-state index contributed by atoms with van der Waals surface area (Å²) in [5, 5.41) is 4.12. The van der Waals surface area contributed by atoms with Crippen LogP contribution < -0.4 is 9.47 Å². The number of allylic oxidation sites excluding steroid dienone is 1. The predicted octanol–water partition coefficient (Wildman–Crippen LogP) is 6.19. The van der Waals surface area contributed by atoms with E-state index < -0.39 is 0 Å². The first kappa shape index (κ1) is 21.8. The van der Waals surface area contributed by atoms with Gasteiger partial charge in [-0.15, -0.1) is 0 Å². The van der Waals surface area contributed by atoms with E-state index in [4.69, 9.17) is 9.47 Å². The third-order valence-electron chi connectivity index (χ3n) is 4.03. The monoisotopic (exact) mass is 582 g/mol. The molecular weight excluding hydrogens is 568 g/mol. The number of nitrogens with zero attached hydrogens (tertiary/aromatic N) is 2. The average molecular weight is 585 g/mol. The average Bonchev–Trinajstić information content (AvgIpc) is 3.12. The van der Waals surface area contributed by atoms with Crippen molar-refractivity contribution in [2.24, 2.45) is 7.05 Å². The van der Waals surface area contributed by atoms with Crippen molar-refractivity contribution in [3.63, 3.8) is 0 Å². The molecule has 0 fully saturated rings. The Labute approximate surface area is 194 Å². The summed E-state index contributed by atoms with van der Waals surface area (Å²) in [6.45, 7) is 0.303. The topological polar surface area (TPSA) is 53.4 Å². The van der Waals surface area contributed by atoms with E-state index >= 15 is 0 Å². The number of benzene rings is 2. The Hall–Kier alpha value is -1.90. The molecule has 0 aliphatic carbocycles. The number of hydrogen-bond donors (Lipinski definition) is 0. The number of aryl methyl sites for hydroxylation is 1. The van der Waals surface area contributed by atoms with Gasteiger partial charge in [-0.1, -0.05) is 28.1 Å². The Bertz CT molecular complexity index is 1050. The van der Waals surface area contributed by atoms with Crippen LogP contribution in [-0.4, -0.2) is 22.7 Å². The van der Waals surface area contributed by atoms with E-state index in [1.807, 2.05) is 30.3 Å². The van der Waals surface area contributed by atoms with Crippen molar-refractivity contribution < 1.29 is 14.3 Å². The number of ether oxygens (including phenoxy) is 2. The molecular formula is C21H17Br3N2O3. The number of aromatic nitrogens is 2. The number of carbonyl (C=O) groups excluding carboxylic acids is 1. The van der Waals surface area contributed by atoms with Crippen molar-refractivity contribution >= 4 is 59.6 Å². The molecule has 0 bridgehead atoms.